The Morgan fingerprint density at radius 1 is 1.43 bits per heavy atom. The predicted octanol–water partition coefficient (Wildman–Crippen LogP) is 3.09. The van der Waals surface area contributed by atoms with Crippen LogP contribution in [0.5, 0.6) is 0 Å². The smallest absolute Gasteiger partial charge is 0.0858 e. The summed E-state index contributed by atoms with van der Waals surface area (Å²) in [6.07, 6.45) is 2.27. The van der Waals surface area contributed by atoms with Gasteiger partial charge in [0.05, 0.1) is 6.10 Å². The number of aliphatic hydroxyl groups excluding tert-OH is 1. The van der Waals surface area contributed by atoms with E-state index < -0.39 is 6.10 Å². The number of aliphatic hydroxyl groups is 1. The van der Waals surface area contributed by atoms with Gasteiger partial charge < -0.3 is 5.11 Å². The van der Waals surface area contributed by atoms with Crippen molar-refractivity contribution in [2.45, 2.75) is 19.4 Å². The molecule has 74 valence electrons. The summed E-state index contributed by atoms with van der Waals surface area (Å²) in [5.41, 5.74) is 3.68. The van der Waals surface area contributed by atoms with E-state index in [0.717, 1.165) is 12.0 Å². The summed E-state index contributed by atoms with van der Waals surface area (Å²) in [5.74, 6) is 0.106. The lowest BCUT2D eigenvalue weighted by Crippen LogP contribution is -2.08. The first-order valence-electron chi connectivity index (χ1n) is 4.88. The molecule has 1 heteroatoms. The van der Waals surface area contributed by atoms with Crippen LogP contribution >= 0.6 is 0 Å². The highest BCUT2D eigenvalue weighted by atomic mass is 16.3. The zero-order valence-electron chi connectivity index (χ0n) is 8.48. The van der Waals surface area contributed by atoms with Gasteiger partial charge in [-0.25, -0.2) is 0 Å². The monoisotopic (exact) mass is 188 g/mol. The molecule has 2 unspecified atom stereocenters. The maximum absolute atomic E-state index is 10.0. The van der Waals surface area contributed by atoms with Crippen LogP contribution in [0.15, 0.2) is 48.7 Å². The van der Waals surface area contributed by atoms with Gasteiger partial charge in [0.2, 0.25) is 0 Å². The molecule has 1 rings (SSSR count). The summed E-state index contributed by atoms with van der Waals surface area (Å²) in [5, 5.41) is 10.0. The van der Waals surface area contributed by atoms with E-state index in [1.807, 2.05) is 43.3 Å². The van der Waals surface area contributed by atoms with Crippen molar-refractivity contribution in [1.82, 2.24) is 0 Å². The number of benzene rings is 1. The van der Waals surface area contributed by atoms with E-state index in [0.29, 0.717) is 0 Å². The number of hydrogen-bond donors (Lipinski definition) is 1. The zero-order valence-corrected chi connectivity index (χ0v) is 8.48. The molecular formula is C13H16O. The molecule has 0 aliphatic carbocycles. The molecule has 0 radical (unpaired) electrons. The van der Waals surface area contributed by atoms with Crippen molar-refractivity contribution in [1.29, 1.82) is 0 Å². The molecule has 0 aliphatic heterocycles. The molecule has 1 N–H and O–H groups in total. The van der Waals surface area contributed by atoms with Crippen molar-refractivity contribution in [2.24, 2.45) is 5.92 Å². The van der Waals surface area contributed by atoms with Gasteiger partial charge in [0.15, 0.2) is 0 Å². The Morgan fingerprint density at radius 3 is 2.57 bits per heavy atom. The molecule has 14 heavy (non-hydrogen) atoms. The second-order valence-corrected chi connectivity index (χ2v) is 3.30. The first kappa shape index (κ1) is 10.8. The molecule has 0 saturated carbocycles. The molecule has 0 fully saturated rings. The summed E-state index contributed by atoms with van der Waals surface area (Å²) in [6, 6.07) is 9.68. The van der Waals surface area contributed by atoms with Crippen molar-refractivity contribution in [2.75, 3.05) is 0 Å². The highest BCUT2D eigenvalue weighted by Gasteiger charge is 2.15. The van der Waals surface area contributed by atoms with Gasteiger partial charge in [0.1, 0.15) is 0 Å². The third kappa shape index (κ3) is 2.59. The van der Waals surface area contributed by atoms with Crippen LogP contribution in [-0.2, 0) is 0 Å². The van der Waals surface area contributed by atoms with Gasteiger partial charge in [0, 0.05) is 5.92 Å². The predicted molar refractivity (Wildman–Crippen MR) is 58.9 cm³/mol. The summed E-state index contributed by atoms with van der Waals surface area (Å²) in [4.78, 5) is 0. The van der Waals surface area contributed by atoms with Crippen LogP contribution in [0.4, 0.5) is 0 Å². The Bertz CT molecular complexity index is 309. The van der Waals surface area contributed by atoms with Crippen molar-refractivity contribution in [3.05, 3.63) is 54.3 Å². The van der Waals surface area contributed by atoms with Crippen LogP contribution in [-0.4, -0.2) is 5.11 Å². The molecular weight excluding hydrogens is 172 g/mol. The van der Waals surface area contributed by atoms with E-state index in [1.54, 1.807) is 0 Å². The van der Waals surface area contributed by atoms with Crippen LogP contribution in [0, 0.1) is 5.92 Å². The first-order valence-corrected chi connectivity index (χ1v) is 4.88. The Hall–Kier alpha value is -1.30. The Labute approximate surface area is 85.4 Å². The van der Waals surface area contributed by atoms with Crippen LogP contribution in [0.1, 0.15) is 25.0 Å². The lowest BCUT2D eigenvalue weighted by atomic mass is 9.93. The maximum atomic E-state index is 10.0. The van der Waals surface area contributed by atoms with Crippen LogP contribution in [0.25, 0.3) is 0 Å². The number of hydrogen-bond acceptors (Lipinski definition) is 1. The van der Waals surface area contributed by atoms with Crippen LogP contribution < -0.4 is 0 Å². The Kier molecular flexibility index (Phi) is 4.18. The van der Waals surface area contributed by atoms with Gasteiger partial charge >= 0.3 is 0 Å². The fourth-order valence-electron chi connectivity index (χ4n) is 1.48. The van der Waals surface area contributed by atoms with Crippen molar-refractivity contribution < 1.29 is 5.11 Å². The molecule has 0 heterocycles. The fraction of sp³-hybridized carbons (Fsp3) is 0.308. The van der Waals surface area contributed by atoms with Gasteiger partial charge in [0.25, 0.3) is 0 Å². The summed E-state index contributed by atoms with van der Waals surface area (Å²) in [6.45, 7) is 5.58. The molecule has 2 atom stereocenters. The molecule has 0 spiro atoms. The van der Waals surface area contributed by atoms with Crippen molar-refractivity contribution >= 4 is 0 Å². The third-order valence-electron chi connectivity index (χ3n) is 2.35. The quantitative estimate of drug-likeness (QED) is 0.720. The molecule has 1 aromatic carbocycles. The lowest BCUT2D eigenvalue weighted by Gasteiger charge is -2.17. The standard InChI is InChI=1S/C13H16O/c1-3-8-11(4-2)13(14)12-9-6-5-7-10-12/h5-11,13-14H,1,4H2,2H3. The molecule has 0 bridgehead atoms. The summed E-state index contributed by atoms with van der Waals surface area (Å²) >= 11 is 0. The second kappa shape index (κ2) is 5.43. The van der Waals surface area contributed by atoms with E-state index in [-0.39, 0.29) is 5.92 Å². The van der Waals surface area contributed by atoms with Crippen molar-refractivity contribution in [3.63, 3.8) is 0 Å². The largest absolute Gasteiger partial charge is 0.388 e. The maximum Gasteiger partial charge on any atom is 0.0858 e. The molecule has 1 aromatic rings. The van der Waals surface area contributed by atoms with Crippen LogP contribution in [0.2, 0.25) is 0 Å². The van der Waals surface area contributed by atoms with Gasteiger partial charge in [-0.1, -0.05) is 43.8 Å². The van der Waals surface area contributed by atoms with Crippen LogP contribution in [0.3, 0.4) is 0 Å². The average Bonchev–Trinajstić information content (AvgIpc) is 2.26. The normalized spacial score (nSPS) is 14.1. The Morgan fingerprint density at radius 2 is 2.07 bits per heavy atom. The van der Waals surface area contributed by atoms with Gasteiger partial charge in [-0.2, -0.15) is 0 Å². The minimum Gasteiger partial charge on any atom is -0.388 e. The summed E-state index contributed by atoms with van der Waals surface area (Å²) in [7, 11) is 0. The van der Waals surface area contributed by atoms with E-state index >= 15 is 0 Å². The minimum atomic E-state index is -0.449. The Balaban J connectivity index is 2.82. The van der Waals surface area contributed by atoms with E-state index in [2.05, 4.69) is 12.3 Å². The van der Waals surface area contributed by atoms with E-state index in [1.165, 1.54) is 0 Å². The highest BCUT2D eigenvalue weighted by Crippen LogP contribution is 2.24. The van der Waals surface area contributed by atoms with Gasteiger partial charge in [-0.3, -0.25) is 0 Å². The third-order valence-corrected chi connectivity index (χ3v) is 2.35. The van der Waals surface area contributed by atoms with Gasteiger partial charge in [-0.15, -0.1) is 5.73 Å². The van der Waals surface area contributed by atoms with E-state index in [4.69, 9.17) is 0 Å². The number of rotatable bonds is 4. The molecule has 0 aromatic heterocycles. The first-order chi connectivity index (χ1) is 6.79. The molecule has 1 nitrogen and oxygen atoms in total. The fourth-order valence-corrected chi connectivity index (χ4v) is 1.48. The minimum absolute atomic E-state index is 0.106. The van der Waals surface area contributed by atoms with E-state index in [9.17, 15) is 5.11 Å². The van der Waals surface area contributed by atoms with Gasteiger partial charge in [-0.05, 0) is 18.1 Å². The van der Waals surface area contributed by atoms with Crippen molar-refractivity contribution in [3.8, 4) is 0 Å². The SMILES string of the molecule is C=C=CC(CC)C(O)c1ccccc1. The molecule has 0 amide bonds. The zero-order chi connectivity index (χ0) is 10.4. The highest BCUT2D eigenvalue weighted by molar-refractivity contribution is 5.19. The summed E-state index contributed by atoms with van der Waals surface area (Å²) < 4.78 is 0. The molecule has 0 aliphatic rings. The second-order valence-electron chi connectivity index (χ2n) is 3.30. The topological polar surface area (TPSA) is 20.2 Å². The average molecular weight is 188 g/mol. The molecule has 0 saturated heterocycles. The lowest BCUT2D eigenvalue weighted by molar-refractivity contribution is 0.129.